The highest BCUT2D eigenvalue weighted by atomic mass is 16.2. The Kier molecular flexibility index (Phi) is 3.59. The highest BCUT2D eigenvalue weighted by molar-refractivity contribution is 5.95. The first-order valence-electron chi connectivity index (χ1n) is 6.50. The Morgan fingerprint density at radius 3 is 2.63 bits per heavy atom. The second kappa shape index (κ2) is 5.03. The van der Waals surface area contributed by atoms with Crippen molar-refractivity contribution >= 4 is 11.8 Å². The molecule has 2 amide bonds. The first kappa shape index (κ1) is 13.6. The molecule has 6 heteroatoms. The van der Waals surface area contributed by atoms with Crippen molar-refractivity contribution in [3.63, 3.8) is 0 Å². The van der Waals surface area contributed by atoms with Gasteiger partial charge in [-0.25, -0.2) is 0 Å². The summed E-state index contributed by atoms with van der Waals surface area (Å²) in [6.45, 7) is 4.27. The van der Waals surface area contributed by atoms with Crippen molar-refractivity contribution in [1.29, 1.82) is 0 Å². The molecule has 2 unspecified atom stereocenters. The van der Waals surface area contributed by atoms with Gasteiger partial charge in [0.1, 0.15) is 0 Å². The lowest BCUT2D eigenvalue weighted by Crippen LogP contribution is -2.48. The number of nitrogens with two attached hydrogens (primary N) is 1. The van der Waals surface area contributed by atoms with Gasteiger partial charge < -0.3 is 10.6 Å². The van der Waals surface area contributed by atoms with Crippen LogP contribution in [0.3, 0.4) is 0 Å². The number of hydrogen-bond acceptors (Lipinski definition) is 3. The van der Waals surface area contributed by atoms with Crippen molar-refractivity contribution in [3.05, 3.63) is 17.5 Å². The smallest absolute Gasteiger partial charge is 0.257 e. The second-order valence-corrected chi connectivity index (χ2v) is 5.25. The minimum Gasteiger partial charge on any atom is -0.369 e. The van der Waals surface area contributed by atoms with E-state index in [4.69, 9.17) is 5.73 Å². The Balaban J connectivity index is 2.21. The zero-order valence-electron chi connectivity index (χ0n) is 11.6. The molecule has 1 aliphatic rings. The van der Waals surface area contributed by atoms with Gasteiger partial charge in [-0.1, -0.05) is 0 Å². The fourth-order valence-electron chi connectivity index (χ4n) is 2.49. The van der Waals surface area contributed by atoms with E-state index in [0.717, 1.165) is 18.5 Å². The number of rotatable bonds is 2. The van der Waals surface area contributed by atoms with Crippen LogP contribution in [-0.2, 0) is 11.8 Å². The van der Waals surface area contributed by atoms with Gasteiger partial charge in [-0.05, 0) is 26.7 Å². The summed E-state index contributed by atoms with van der Waals surface area (Å²) in [7, 11) is 1.80. The molecule has 0 spiro atoms. The van der Waals surface area contributed by atoms with Gasteiger partial charge in [0.25, 0.3) is 5.91 Å². The van der Waals surface area contributed by atoms with Crippen molar-refractivity contribution in [1.82, 2.24) is 14.7 Å². The predicted octanol–water partition coefficient (Wildman–Crippen LogP) is 0.455. The van der Waals surface area contributed by atoms with Crippen LogP contribution in [0.15, 0.2) is 6.20 Å². The van der Waals surface area contributed by atoms with E-state index in [2.05, 4.69) is 5.10 Å². The predicted molar refractivity (Wildman–Crippen MR) is 70.4 cm³/mol. The lowest BCUT2D eigenvalue weighted by Gasteiger charge is -2.36. The summed E-state index contributed by atoms with van der Waals surface area (Å²) >= 11 is 0. The van der Waals surface area contributed by atoms with E-state index in [1.807, 2.05) is 13.8 Å². The lowest BCUT2D eigenvalue weighted by molar-refractivity contribution is -0.123. The number of amides is 2. The summed E-state index contributed by atoms with van der Waals surface area (Å²) < 4.78 is 1.67. The molecule has 1 aromatic heterocycles. The zero-order valence-corrected chi connectivity index (χ0v) is 11.6. The molecular weight excluding hydrogens is 244 g/mol. The van der Waals surface area contributed by atoms with E-state index in [1.54, 1.807) is 22.8 Å². The Hall–Kier alpha value is -1.85. The van der Waals surface area contributed by atoms with Crippen molar-refractivity contribution in [2.75, 3.05) is 6.54 Å². The number of carbonyl (C=O) groups is 2. The van der Waals surface area contributed by atoms with Crippen LogP contribution in [0.25, 0.3) is 0 Å². The summed E-state index contributed by atoms with van der Waals surface area (Å²) in [5.74, 6) is -0.631. The zero-order chi connectivity index (χ0) is 14.2. The summed E-state index contributed by atoms with van der Waals surface area (Å²) in [5, 5.41) is 4.09. The monoisotopic (exact) mass is 264 g/mol. The molecule has 0 bridgehead atoms. The molecule has 2 rings (SSSR count). The van der Waals surface area contributed by atoms with E-state index >= 15 is 0 Å². The Morgan fingerprint density at radius 1 is 1.42 bits per heavy atom. The van der Waals surface area contributed by atoms with Gasteiger partial charge >= 0.3 is 0 Å². The van der Waals surface area contributed by atoms with Crippen molar-refractivity contribution in [2.45, 2.75) is 32.7 Å². The maximum atomic E-state index is 12.5. The third kappa shape index (κ3) is 2.47. The van der Waals surface area contributed by atoms with E-state index < -0.39 is 0 Å². The standard InChI is InChI=1S/C13H20N4O2/c1-8-4-5-10(12(14)18)7-17(8)13(19)11-6-15-16(3)9(11)2/h6,8,10H,4-5,7H2,1-3H3,(H2,14,18). The molecule has 1 aromatic rings. The average molecular weight is 264 g/mol. The SMILES string of the molecule is Cc1c(C(=O)N2CC(C(N)=O)CCC2C)cnn1C. The van der Waals surface area contributed by atoms with Gasteiger partial charge in [-0.3, -0.25) is 14.3 Å². The van der Waals surface area contributed by atoms with Gasteiger partial charge in [0, 0.05) is 25.3 Å². The third-order valence-electron chi connectivity index (χ3n) is 4.01. The van der Waals surface area contributed by atoms with Crippen LogP contribution < -0.4 is 5.73 Å². The lowest BCUT2D eigenvalue weighted by atomic mass is 9.92. The van der Waals surface area contributed by atoms with Crippen LogP contribution in [0.4, 0.5) is 0 Å². The third-order valence-corrected chi connectivity index (χ3v) is 4.01. The number of primary amides is 1. The molecule has 104 valence electrons. The molecule has 2 atom stereocenters. The molecule has 1 saturated heterocycles. The molecule has 1 fully saturated rings. The number of aryl methyl sites for hydroxylation is 1. The first-order valence-corrected chi connectivity index (χ1v) is 6.50. The quantitative estimate of drug-likeness (QED) is 0.842. The molecule has 6 nitrogen and oxygen atoms in total. The molecule has 0 radical (unpaired) electrons. The molecule has 0 saturated carbocycles. The Bertz CT molecular complexity index is 509. The van der Waals surface area contributed by atoms with Gasteiger partial charge in [0.05, 0.1) is 17.7 Å². The maximum absolute atomic E-state index is 12.5. The van der Waals surface area contributed by atoms with Gasteiger partial charge in [-0.2, -0.15) is 5.10 Å². The van der Waals surface area contributed by atoms with E-state index in [1.165, 1.54) is 0 Å². The number of aromatic nitrogens is 2. The van der Waals surface area contributed by atoms with Crippen LogP contribution in [0.1, 0.15) is 35.8 Å². The molecular formula is C13H20N4O2. The van der Waals surface area contributed by atoms with Crippen LogP contribution in [-0.4, -0.2) is 39.1 Å². The fourth-order valence-corrected chi connectivity index (χ4v) is 2.49. The van der Waals surface area contributed by atoms with E-state index in [9.17, 15) is 9.59 Å². The summed E-state index contributed by atoms with van der Waals surface area (Å²) in [6, 6.07) is 0.128. The van der Waals surface area contributed by atoms with E-state index in [-0.39, 0.29) is 23.8 Å². The summed E-state index contributed by atoms with van der Waals surface area (Å²) in [5.41, 5.74) is 6.78. The van der Waals surface area contributed by atoms with Crippen LogP contribution in [0.5, 0.6) is 0 Å². The van der Waals surface area contributed by atoms with Crippen molar-refractivity contribution in [3.8, 4) is 0 Å². The topological polar surface area (TPSA) is 81.2 Å². The van der Waals surface area contributed by atoms with Crippen LogP contribution in [0, 0.1) is 12.8 Å². The average Bonchev–Trinajstić information content (AvgIpc) is 2.69. The highest BCUT2D eigenvalue weighted by Gasteiger charge is 2.33. The first-order chi connectivity index (χ1) is 8.91. The number of piperidine rings is 1. The van der Waals surface area contributed by atoms with Crippen molar-refractivity contribution < 1.29 is 9.59 Å². The molecule has 2 heterocycles. The van der Waals surface area contributed by atoms with E-state index in [0.29, 0.717) is 12.1 Å². The summed E-state index contributed by atoms with van der Waals surface area (Å²) in [4.78, 5) is 25.6. The molecule has 0 aromatic carbocycles. The molecule has 1 aliphatic heterocycles. The second-order valence-electron chi connectivity index (χ2n) is 5.25. The maximum Gasteiger partial charge on any atom is 0.257 e. The minimum absolute atomic E-state index is 0.0657. The summed E-state index contributed by atoms with van der Waals surface area (Å²) in [6.07, 6.45) is 3.14. The Morgan fingerprint density at radius 2 is 2.11 bits per heavy atom. The largest absolute Gasteiger partial charge is 0.369 e. The van der Waals surface area contributed by atoms with Crippen LogP contribution in [0.2, 0.25) is 0 Å². The molecule has 2 N–H and O–H groups in total. The number of carbonyl (C=O) groups excluding carboxylic acids is 2. The fraction of sp³-hybridized carbons (Fsp3) is 0.615. The van der Waals surface area contributed by atoms with Crippen molar-refractivity contribution in [2.24, 2.45) is 18.7 Å². The number of nitrogens with zero attached hydrogens (tertiary/aromatic N) is 3. The molecule has 19 heavy (non-hydrogen) atoms. The van der Waals surface area contributed by atoms with Gasteiger partial charge in [0.2, 0.25) is 5.91 Å². The Labute approximate surface area is 112 Å². The minimum atomic E-state index is -0.326. The molecule has 0 aliphatic carbocycles. The normalized spacial score (nSPS) is 23.4. The van der Waals surface area contributed by atoms with Gasteiger partial charge in [-0.15, -0.1) is 0 Å². The van der Waals surface area contributed by atoms with Crippen LogP contribution >= 0.6 is 0 Å². The highest BCUT2D eigenvalue weighted by Crippen LogP contribution is 2.24. The number of hydrogen-bond donors (Lipinski definition) is 1. The van der Waals surface area contributed by atoms with Gasteiger partial charge in [0.15, 0.2) is 0 Å². The number of likely N-dealkylation sites (tertiary alicyclic amines) is 1.